The van der Waals surface area contributed by atoms with Crippen molar-refractivity contribution in [3.05, 3.63) is 57.4 Å². The van der Waals surface area contributed by atoms with Crippen molar-refractivity contribution in [3.8, 4) is 11.5 Å². The predicted molar refractivity (Wildman–Crippen MR) is 238 cm³/mol. The van der Waals surface area contributed by atoms with Crippen LogP contribution in [0.5, 0.6) is 11.5 Å². The smallest absolute Gasteiger partial charge is 0.126 e. The summed E-state index contributed by atoms with van der Waals surface area (Å²) in [7, 11) is 2.91. The van der Waals surface area contributed by atoms with E-state index in [1.165, 1.54) is 116 Å². The van der Waals surface area contributed by atoms with Crippen LogP contribution in [0.2, 0.25) is 0 Å². The molecule has 0 spiro atoms. The summed E-state index contributed by atoms with van der Waals surface area (Å²) >= 11 is 0. The van der Waals surface area contributed by atoms with Crippen LogP contribution >= 0.6 is 15.8 Å². The molecule has 4 heteroatoms. The van der Waals surface area contributed by atoms with E-state index in [1.807, 2.05) is 19.8 Å². The van der Waals surface area contributed by atoms with Gasteiger partial charge >= 0.3 is 0 Å². The first-order valence-corrected chi connectivity index (χ1v) is 24.3. The van der Waals surface area contributed by atoms with Gasteiger partial charge in [-0.05, 0) is 132 Å². The molecule has 2 nitrogen and oxygen atoms in total. The summed E-state index contributed by atoms with van der Waals surface area (Å²) in [6, 6.07) is 10.4. The Hall–Kier alpha value is -1.36. The molecule has 0 saturated heterocycles. The van der Waals surface area contributed by atoms with E-state index >= 15 is 0 Å². The minimum absolute atomic E-state index is 0.0497. The highest BCUT2D eigenvalue weighted by molar-refractivity contribution is 7.76. The normalized spacial score (nSPS) is 19.4. The Morgan fingerprint density at radius 2 is 0.849 bits per heavy atom. The lowest BCUT2D eigenvalue weighted by Crippen LogP contribution is -2.28. The van der Waals surface area contributed by atoms with Crippen molar-refractivity contribution in [1.29, 1.82) is 0 Å². The van der Waals surface area contributed by atoms with Crippen molar-refractivity contribution in [2.24, 2.45) is 0 Å². The standard InChI is InChI=1S/C49H78O2P2/c1-33(52(34-23-18-16-19-24-34)35-25-20-17-21-26-35)38-27-22-28-43(38)53(36-29-39(46(2,3)4)44(50-14)40(30-36)47(5,6)7)37-31-41(48(8,9)10)45(51-15)42(32-37)49(11,12)13/h29-35H,16-28H2,1-15H3/t33-/m1/s1. The topological polar surface area (TPSA) is 18.5 Å². The average molecular weight is 761 g/mol. The number of rotatable bonds is 9. The van der Waals surface area contributed by atoms with Crippen LogP contribution in [0.1, 0.15) is 196 Å². The number of allylic oxidation sites excluding steroid dienone is 2. The number of benzene rings is 2. The molecule has 0 N–H and O–H groups in total. The van der Waals surface area contributed by atoms with E-state index in [2.05, 4.69) is 114 Å². The van der Waals surface area contributed by atoms with Crippen LogP contribution in [-0.4, -0.2) is 31.2 Å². The highest BCUT2D eigenvalue weighted by atomic mass is 31.1. The van der Waals surface area contributed by atoms with Gasteiger partial charge in [0.25, 0.3) is 0 Å². The van der Waals surface area contributed by atoms with Crippen LogP contribution in [0.4, 0.5) is 0 Å². The first-order chi connectivity index (χ1) is 24.7. The Morgan fingerprint density at radius 1 is 0.509 bits per heavy atom. The average Bonchev–Trinajstić information content (AvgIpc) is 3.56. The third kappa shape index (κ3) is 9.44. The van der Waals surface area contributed by atoms with Gasteiger partial charge in [0.2, 0.25) is 0 Å². The number of hydrogen-bond donors (Lipinski definition) is 0. The van der Waals surface area contributed by atoms with E-state index in [4.69, 9.17) is 9.47 Å². The maximum atomic E-state index is 6.36. The van der Waals surface area contributed by atoms with E-state index < -0.39 is 7.92 Å². The molecule has 0 bridgehead atoms. The zero-order chi connectivity index (χ0) is 39.1. The van der Waals surface area contributed by atoms with Crippen molar-refractivity contribution in [2.45, 2.75) is 212 Å². The van der Waals surface area contributed by atoms with Crippen LogP contribution in [0, 0.1) is 0 Å². The fourth-order valence-electron chi connectivity index (χ4n) is 9.94. The molecule has 0 aromatic heterocycles. The van der Waals surface area contributed by atoms with Gasteiger partial charge in [-0.25, -0.2) is 0 Å². The Balaban J connectivity index is 1.86. The first-order valence-electron chi connectivity index (χ1n) is 21.4. The van der Waals surface area contributed by atoms with Crippen molar-refractivity contribution in [2.75, 3.05) is 14.2 Å². The third-order valence-corrected chi connectivity index (χ3v) is 19.3. The van der Waals surface area contributed by atoms with E-state index in [1.54, 1.807) is 5.31 Å². The zero-order valence-corrected chi connectivity index (χ0v) is 38.7. The zero-order valence-electron chi connectivity index (χ0n) is 36.9. The summed E-state index contributed by atoms with van der Waals surface area (Å²) in [4.78, 5) is 0. The lowest BCUT2D eigenvalue weighted by molar-refractivity contribution is 0.381. The largest absolute Gasteiger partial charge is 0.496 e. The third-order valence-electron chi connectivity index (χ3n) is 12.7. The molecule has 2 aromatic rings. The highest BCUT2D eigenvalue weighted by Gasteiger charge is 2.40. The van der Waals surface area contributed by atoms with Gasteiger partial charge < -0.3 is 9.47 Å². The Morgan fingerprint density at radius 3 is 1.15 bits per heavy atom. The molecule has 5 rings (SSSR count). The van der Waals surface area contributed by atoms with E-state index in [0.29, 0.717) is 5.66 Å². The molecule has 1 atom stereocenters. The molecule has 2 fully saturated rings. The second kappa shape index (κ2) is 16.6. The molecular weight excluding hydrogens is 682 g/mol. The number of methoxy groups -OCH3 is 2. The summed E-state index contributed by atoms with van der Waals surface area (Å²) in [5.74, 6) is 2.16. The molecule has 3 aliphatic rings. The molecule has 0 amide bonds. The first kappa shape index (κ1) is 42.8. The minimum Gasteiger partial charge on any atom is -0.496 e. The molecule has 53 heavy (non-hydrogen) atoms. The van der Waals surface area contributed by atoms with Crippen molar-refractivity contribution >= 4 is 26.5 Å². The van der Waals surface area contributed by atoms with Gasteiger partial charge in [0.15, 0.2) is 0 Å². The summed E-state index contributed by atoms with van der Waals surface area (Å²) in [6.07, 6.45) is 18.5. The monoisotopic (exact) mass is 761 g/mol. The van der Waals surface area contributed by atoms with Gasteiger partial charge in [-0.3, -0.25) is 0 Å². The lowest BCUT2D eigenvalue weighted by atomic mass is 9.79. The molecule has 2 aromatic carbocycles. The molecule has 2 saturated carbocycles. The second-order valence-corrected chi connectivity index (χ2v) is 26.4. The summed E-state index contributed by atoms with van der Waals surface area (Å²) in [5, 5.41) is 4.84. The summed E-state index contributed by atoms with van der Waals surface area (Å²) in [5.41, 5.74) is 9.67. The van der Waals surface area contributed by atoms with Gasteiger partial charge in [0, 0.05) is 22.3 Å². The molecule has 0 radical (unpaired) electrons. The summed E-state index contributed by atoms with van der Waals surface area (Å²) in [6.45, 7) is 31.2. The van der Waals surface area contributed by atoms with Gasteiger partial charge in [-0.2, -0.15) is 0 Å². The van der Waals surface area contributed by atoms with E-state index in [-0.39, 0.29) is 29.6 Å². The quantitative estimate of drug-likeness (QED) is 0.237. The van der Waals surface area contributed by atoms with E-state index in [9.17, 15) is 0 Å². The van der Waals surface area contributed by atoms with Crippen LogP contribution < -0.4 is 20.1 Å². The lowest BCUT2D eigenvalue weighted by Gasteiger charge is -2.43. The molecule has 3 aliphatic carbocycles. The number of ether oxygens (including phenoxy) is 2. The van der Waals surface area contributed by atoms with Gasteiger partial charge in [-0.15, -0.1) is 0 Å². The fraction of sp³-hybridized carbons (Fsp3) is 0.714. The molecule has 296 valence electrons. The van der Waals surface area contributed by atoms with Crippen LogP contribution in [-0.2, 0) is 21.7 Å². The maximum absolute atomic E-state index is 6.36. The minimum atomic E-state index is -0.793. The predicted octanol–water partition coefficient (Wildman–Crippen LogP) is 14.3. The highest BCUT2D eigenvalue weighted by Crippen LogP contribution is 2.64. The molecule has 0 aliphatic heterocycles. The second-order valence-electron chi connectivity index (χ2n) is 21.0. The van der Waals surface area contributed by atoms with Crippen LogP contribution in [0.15, 0.2) is 35.2 Å². The molecule has 0 heterocycles. The van der Waals surface area contributed by atoms with Crippen molar-refractivity contribution < 1.29 is 9.47 Å². The van der Waals surface area contributed by atoms with Crippen molar-refractivity contribution in [3.63, 3.8) is 0 Å². The van der Waals surface area contributed by atoms with Gasteiger partial charge in [0.1, 0.15) is 11.5 Å². The Bertz CT molecular complexity index is 1420. The number of hydrogen-bond acceptors (Lipinski definition) is 2. The van der Waals surface area contributed by atoms with Crippen LogP contribution in [0.3, 0.4) is 0 Å². The summed E-state index contributed by atoms with van der Waals surface area (Å²) < 4.78 is 12.7. The maximum Gasteiger partial charge on any atom is 0.126 e. The Labute approximate surface area is 330 Å². The Kier molecular flexibility index (Phi) is 13.4. The molecule has 0 unspecified atom stereocenters. The van der Waals surface area contributed by atoms with Gasteiger partial charge in [-0.1, -0.05) is 142 Å². The van der Waals surface area contributed by atoms with Crippen molar-refractivity contribution in [1.82, 2.24) is 0 Å². The van der Waals surface area contributed by atoms with Gasteiger partial charge in [0.05, 0.1) is 14.2 Å². The SMILES string of the molecule is COc1c(C(C)(C)C)cc(P(C2=C([C@@H](C)P(C3CCCCC3)C3CCCCC3)CCC2)c2cc(C(C)(C)C)c(OC)c(C(C)(C)C)c2)cc1C(C)(C)C. The molecular formula is C49H78O2P2. The van der Waals surface area contributed by atoms with Crippen LogP contribution in [0.25, 0.3) is 0 Å². The van der Waals surface area contributed by atoms with E-state index in [0.717, 1.165) is 22.8 Å². The fourth-order valence-corrected chi connectivity index (χ4v) is 17.4.